The van der Waals surface area contributed by atoms with Crippen molar-refractivity contribution >= 4 is 11.7 Å². The first kappa shape index (κ1) is 18.2. The Hall–Kier alpha value is -2.64. The topological polar surface area (TPSA) is 95.9 Å². The molecule has 26 heavy (non-hydrogen) atoms. The van der Waals surface area contributed by atoms with Gasteiger partial charge in [-0.3, -0.25) is 9.36 Å². The highest BCUT2D eigenvalue weighted by Crippen LogP contribution is 2.24. The largest absolute Gasteiger partial charge is 0.357 e. The summed E-state index contributed by atoms with van der Waals surface area (Å²) in [5.74, 6) is 2.12. The summed E-state index contributed by atoms with van der Waals surface area (Å²) in [5, 5.41) is 9.52. The van der Waals surface area contributed by atoms with Crippen LogP contribution in [0.5, 0.6) is 0 Å². The maximum absolute atomic E-state index is 12.0. The molecule has 0 saturated carbocycles. The van der Waals surface area contributed by atoms with E-state index in [1.165, 1.54) is 0 Å². The molecule has 140 valence electrons. The van der Waals surface area contributed by atoms with Gasteiger partial charge in [-0.05, 0) is 44.7 Å². The van der Waals surface area contributed by atoms with Crippen molar-refractivity contribution in [3.8, 4) is 0 Å². The molecular formula is C18H26N6O2. The lowest BCUT2D eigenvalue weighted by Crippen LogP contribution is -2.35. The van der Waals surface area contributed by atoms with Crippen molar-refractivity contribution in [3.05, 3.63) is 40.2 Å². The molecule has 0 aromatic carbocycles. The fraction of sp³-hybridized carbons (Fsp3) is 0.556. The van der Waals surface area contributed by atoms with Crippen LogP contribution >= 0.6 is 0 Å². The summed E-state index contributed by atoms with van der Waals surface area (Å²) in [6.07, 6.45) is 4.53. The molecule has 0 radical (unpaired) electrons. The van der Waals surface area contributed by atoms with E-state index >= 15 is 0 Å². The third-order valence-electron chi connectivity index (χ3n) is 4.91. The van der Waals surface area contributed by atoms with E-state index in [9.17, 15) is 9.59 Å². The highest BCUT2D eigenvalue weighted by Gasteiger charge is 2.23. The van der Waals surface area contributed by atoms with Crippen molar-refractivity contribution in [1.82, 2.24) is 25.1 Å². The monoisotopic (exact) mass is 358 g/mol. The summed E-state index contributed by atoms with van der Waals surface area (Å²) in [6.45, 7) is 6.88. The van der Waals surface area contributed by atoms with Crippen LogP contribution in [0.4, 0.5) is 5.82 Å². The van der Waals surface area contributed by atoms with Gasteiger partial charge in [0, 0.05) is 44.4 Å². The molecule has 1 aliphatic rings. The van der Waals surface area contributed by atoms with Gasteiger partial charge in [0.2, 0.25) is 0 Å². The Labute approximate surface area is 152 Å². The number of piperidine rings is 1. The molecule has 0 spiro atoms. The number of H-pyrrole nitrogens is 1. The summed E-state index contributed by atoms with van der Waals surface area (Å²) in [5.41, 5.74) is 0.508. The zero-order chi connectivity index (χ0) is 18.5. The van der Waals surface area contributed by atoms with Crippen LogP contribution in [0.1, 0.15) is 42.9 Å². The van der Waals surface area contributed by atoms with Crippen LogP contribution in [0.25, 0.3) is 0 Å². The number of aromatic nitrogens is 4. The van der Waals surface area contributed by atoms with Crippen LogP contribution in [0, 0.1) is 5.92 Å². The first-order valence-corrected chi connectivity index (χ1v) is 9.25. The molecule has 3 rings (SSSR count). The van der Waals surface area contributed by atoms with E-state index in [2.05, 4.69) is 25.4 Å². The molecule has 8 nitrogen and oxygen atoms in total. The number of rotatable bonds is 6. The lowest BCUT2D eigenvalue weighted by atomic mass is 9.93. The third kappa shape index (κ3) is 3.95. The first-order valence-electron chi connectivity index (χ1n) is 9.25. The van der Waals surface area contributed by atoms with E-state index in [1.54, 1.807) is 16.8 Å². The number of carbonyl (C=O) groups excluding carboxylic acids is 1. The van der Waals surface area contributed by atoms with Crippen LogP contribution in [-0.2, 0) is 13.0 Å². The molecule has 0 unspecified atom stereocenters. The van der Waals surface area contributed by atoms with Gasteiger partial charge in [-0.1, -0.05) is 0 Å². The quantitative estimate of drug-likeness (QED) is 0.809. The number of anilines is 1. The Bertz CT molecular complexity index is 804. The minimum atomic E-state index is -0.133. The van der Waals surface area contributed by atoms with Gasteiger partial charge < -0.3 is 10.2 Å². The molecule has 1 fully saturated rings. The molecule has 0 bridgehead atoms. The van der Waals surface area contributed by atoms with Crippen LogP contribution in [0.2, 0.25) is 0 Å². The zero-order valence-electron chi connectivity index (χ0n) is 15.4. The summed E-state index contributed by atoms with van der Waals surface area (Å²) >= 11 is 0. The van der Waals surface area contributed by atoms with Crippen molar-refractivity contribution in [2.75, 3.05) is 24.5 Å². The lowest BCUT2D eigenvalue weighted by Gasteiger charge is -2.32. The Kier molecular flexibility index (Phi) is 5.70. The van der Waals surface area contributed by atoms with E-state index in [1.807, 2.05) is 19.9 Å². The van der Waals surface area contributed by atoms with E-state index in [0.717, 1.165) is 44.0 Å². The van der Waals surface area contributed by atoms with Gasteiger partial charge in [0.25, 0.3) is 5.91 Å². The van der Waals surface area contributed by atoms with Gasteiger partial charge >= 0.3 is 5.69 Å². The van der Waals surface area contributed by atoms with Gasteiger partial charge in [-0.15, -0.1) is 0 Å². The van der Waals surface area contributed by atoms with E-state index in [0.29, 0.717) is 24.6 Å². The zero-order valence-corrected chi connectivity index (χ0v) is 15.4. The Morgan fingerprint density at radius 3 is 2.81 bits per heavy atom. The van der Waals surface area contributed by atoms with Gasteiger partial charge in [0.05, 0.1) is 0 Å². The van der Waals surface area contributed by atoms with Gasteiger partial charge in [-0.2, -0.15) is 5.10 Å². The predicted molar refractivity (Wildman–Crippen MR) is 99.4 cm³/mol. The van der Waals surface area contributed by atoms with E-state index in [-0.39, 0.29) is 11.6 Å². The number of nitrogens with one attached hydrogen (secondary N) is 2. The van der Waals surface area contributed by atoms with Crippen LogP contribution in [0.3, 0.4) is 0 Å². The summed E-state index contributed by atoms with van der Waals surface area (Å²) in [7, 11) is 0. The second-order valence-electron chi connectivity index (χ2n) is 6.59. The molecule has 1 amide bonds. The van der Waals surface area contributed by atoms with Crippen molar-refractivity contribution in [2.45, 2.75) is 39.7 Å². The minimum absolute atomic E-state index is 0.0675. The molecule has 2 aromatic heterocycles. The Morgan fingerprint density at radius 1 is 1.35 bits per heavy atom. The number of amides is 1. The molecular weight excluding hydrogens is 332 g/mol. The van der Waals surface area contributed by atoms with Crippen molar-refractivity contribution in [2.24, 2.45) is 5.92 Å². The van der Waals surface area contributed by atoms with Gasteiger partial charge in [-0.25, -0.2) is 14.9 Å². The smallest absolute Gasteiger partial charge is 0.343 e. The molecule has 1 aliphatic heterocycles. The predicted octanol–water partition coefficient (Wildman–Crippen LogP) is 1.20. The summed E-state index contributed by atoms with van der Waals surface area (Å²) in [6, 6.07) is 3.59. The lowest BCUT2D eigenvalue weighted by molar-refractivity contribution is 0.0955. The molecule has 1 saturated heterocycles. The number of hydrogen-bond donors (Lipinski definition) is 2. The Morgan fingerprint density at radius 2 is 2.12 bits per heavy atom. The number of carbonyl (C=O) groups is 1. The molecule has 0 aliphatic carbocycles. The maximum Gasteiger partial charge on any atom is 0.343 e. The third-order valence-corrected chi connectivity index (χ3v) is 4.91. The van der Waals surface area contributed by atoms with Crippen molar-refractivity contribution in [1.29, 1.82) is 0 Å². The number of hydrogen-bond acceptors (Lipinski definition) is 5. The standard InChI is InChI=1S/C18H26N6O2/c1-3-19-17(25)14-5-8-20-15(12-14)23-9-6-13(7-10-23)11-16-21-22-18(26)24(16)4-2/h5,8,12-13H,3-4,6-7,9-11H2,1-2H3,(H,19,25)(H,22,26). The van der Waals surface area contributed by atoms with E-state index < -0.39 is 0 Å². The van der Waals surface area contributed by atoms with Crippen LogP contribution < -0.4 is 15.9 Å². The van der Waals surface area contributed by atoms with E-state index in [4.69, 9.17) is 0 Å². The minimum Gasteiger partial charge on any atom is -0.357 e. The van der Waals surface area contributed by atoms with Crippen molar-refractivity contribution in [3.63, 3.8) is 0 Å². The maximum atomic E-state index is 12.0. The Balaban J connectivity index is 1.61. The summed E-state index contributed by atoms with van der Waals surface area (Å²) in [4.78, 5) is 30.3. The second-order valence-corrected chi connectivity index (χ2v) is 6.59. The van der Waals surface area contributed by atoms with Gasteiger partial charge in [0.1, 0.15) is 11.6 Å². The van der Waals surface area contributed by atoms with Gasteiger partial charge in [0.15, 0.2) is 0 Å². The molecule has 2 N–H and O–H groups in total. The number of pyridine rings is 1. The molecule has 3 heterocycles. The van der Waals surface area contributed by atoms with Crippen LogP contribution in [-0.4, -0.2) is 45.3 Å². The average molecular weight is 358 g/mol. The second kappa shape index (κ2) is 8.16. The fourth-order valence-corrected chi connectivity index (χ4v) is 3.45. The highest BCUT2D eigenvalue weighted by atomic mass is 16.2. The molecule has 0 atom stereocenters. The molecule has 8 heteroatoms. The fourth-order valence-electron chi connectivity index (χ4n) is 3.45. The average Bonchev–Trinajstić information content (AvgIpc) is 3.02. The SMILES string of the molecule is CCNC(=O)c1ccnc(N2CCC(Cc3n[nH]c(=O)n3CC)CC2)c1. The number of aromatic amines is 1. The first-order chi connectivity index (χ1) is 12.6. The molecule has 2 aromatic rings. The number of nitrogens with zero attached hydrogens (tertiary/aromatic N) is 4. The highest BCUT2D eigenvalue weighted by molar-refractivity contribution is 5.94. The normalized spacial score (nSPS) is 15.2. The van der Waals surface area contributed by atoms with Crippen molar-refractivity contribution < 1.29 is 4.79 Å². The summed E-state index contributed by atoms with van der Waals surface area (Å²) < 4.78 is 1.70. The van der Waals surface area contributed by atoms with Crippen LogP contribution in [0.15, 0.2) is 23.1 Å².